The van der Waals surface area contributed by atoms with Crippen LogP contribution in [0.2, 0.25) is 0 Å². The van der Waals surface area contributed by atoms with Gasteiger partial charge in [0.2, 0.25) is 5.91 Å². The van der Waals surface area contributed by atoms with Gasteiger partial charge in [-0.2, -0.15) is 0 Å². The molecule has 0 bridgehead atoms. The van der Waals surface area contributed by atoms with E-state index in [0.717, 1.165) is 25.7 Å². The van der Waals surface area contributed by atoms with Crippen LogP contribution in [-0.4, -0.2) is 12.5 Å². The molecule has 1 aromatic rings. The van der Waals surface area contributed by atoms with Crippen LogP contribution in [0, 0.1) is 0 Å². The molecule has 0 saturated carbocycles. The number of rotatable bonds is 10. The molecule has 0 unspecified atom stereocenters. The van der Waals surface area contributed by atoms with Crippen LogP contribution < -0.4 is 74.2 Å². The van der Waals surface area contributed by atoms with Crippen molar-refractivity contribution in [3.63, 3.8) is 0 Å². The molecule has 6 nitrogen and oxygen atoms in total. The van der Waals surface area contributed by atoms with Gasteiger partial charge < -0.3 is 24.2 Å². The number of carbonyl (C=O) groups excluding carboxylic acids is 1. The van der Waals surface area contributed by atoms with Gasteiger partial charge in [0.15, 0.2) is 0 Å². The van der Waals surface area contributed by atoms with Gasteiger partial charge in [0.1, 0.15) is 0 Å². The fourth-order valence-electron chi connectivity index (χ4n) is 2.05. The van der Waals surface area contributed by atoms with Crippen LogP contribution in [0.25, 0.3) is 0 Å². The van der Waals surface area contributed by atoms with Gasteiger partial charge in [0.25, 0.3) is 0 Å². The molecule has 0 heterocycles. The van der Waals surface area contributed by atoms with Crippen molar-refractivity contribution in [1.29, 1.82) is 0 Å². The van der Waals surface area contributed by atoms with E-state index in [9.17, 15) is 19.1 Å². The first-order valence-electron chi connectivity index (χ1n) is 7.43. The summed E-state index contributed by atoms with van der Waals surface area (Å²) in [6.45, 7) is 1.70. The second-order valence-corrected chi connectivity index (χ2v) is 6.24. The van der Waals surface area contributed by atoms with E-state index in [1.807, 2.05) is 0 Å². The van der Waals surface area contributed by atoms with Crippen LogP contribution >= 0.6 is 7.82 Å². The number of hydrogen-bond acceptors (Lipinski definition) is 5. The van der Waals surface area contributed by atoms with Crippen molar-refractivity contribution in [1.82, 2.24) is 5.32 Å². The third-order valence-corrected chi connectivity index (χ3v) is 3.66. The molecule has 0 aliphatic rings. The van der Waals surface area contributed by atoms with Crippen molar-refractivity contribution in [2.24, 2.45) is 0 Å². The number of amides is 1. The maximum absolute atomic E-state index is 11.9. The summed E-state index contributed by atoms with van der Waals surface area (Å²) < 4.78 is 15.0. The Labute approximate surface area is 188 Å². The number of nitrogens with one attached hydrogen (secondary N) is 1. The van der Waals surface area contributed by atoms with Gasteiger partial charge in [-0.15, -0.1) is 0 Å². The first-order valence-corrected chi connectivity index (χ1v) is 8.89. The summed E-state index contributed by atoms with van der Waals surface area (Å²) in [4.78, 5) is 33.2. The second kappa shape index (κ2) is 14.9. The summed E-state index contributed by atoms with van der Waals surface area (Å²) in [5.74, 6) is -0.180. The first kappa shape index (κ1) is 27.0. The molecule has 0 spiro atoms. The number of hydrogen-bond donors (Lipinski definition) is 1. The predicted molar refractivity (Wildman–Crippen MR) is 79.6 cm³/mol. The molecule has 0 saturated heterocycles. The number of unbranched alkanes of at least 4 members (excludes halogenated alkanes) is 3. The van der Waals surface area contributed by atoms with E-state index in [1.54, 1.807) is 30.3 Å². The van der Waals surface area contributed by atoms with Crippen LogP contribution in [0.4, 0.5) is 0 Å². The SMILES string of the molecule is CCCCCCC(=O)N[C@@H](COP(=O)([O-])[O-])c1ccccc1.[Na+].[Na+]. The van der Waals surface area contributed by atoms with Gasteiger partial charge in [-0.05, 0) is 12.0 Å². The zero-order valence-corrected chi connectivity index (χ0v) is 19.6. The zero-order chi connectivity index (χ0) is 16.4. The Kier molecular flexibility index (Phi) is 16.8. The van der Waals surface area contributed by atoms with Crippen molar-refractivity contribution in [3.8, 4) is 0 Å². The molecule has 1 atom stereocenters. The Morgan fingerprint density at radius 3 is 2.33 bits per heavy atom. The van der Waals surface area contributed by atoms with E-state index < -0.39 is 20.5 Å². The molecule has 1 rings (SSSR count). The molecule has 0 aromatic heterocycles. The molecule has 9 heteroatoms. The fraction of sp³-hybridized carbons (Fsp3) is 0.533. The molecule has 1 amide bonds. The molecule has 24 heavy (non-hydrogen) atoms. The minimum atomic E-state index is -5.06. The average Bonchev–Trinajstić information content (AvgIpc) is 2.48. The summed E-state index contributed by atoms with van der Waals surface area (Å²) in [7, 11) is -5.06. The molecule has 0 aliphatic carbocycles. The van der Waals surface area contributed by atoms with Gasteiger partial charge in [0.05, 0.1) is 20.5 Å². The quantitative estimate of drug-likeness (QED) is 0.254. The fourth-order valence-corrected chi connectivity index (χ4v) is 2.38. The van der Waals surface area contributed by atoms with E-state index >= 15 is 0 Å². The monoisotopic (exact) mass is 373 g/mol. The maximum Gasteiger partial charge on any atom is 1.00 e. The van der Waals surface area contributed by atoms with Crippen molar-refractivity contribution in [2.45, 2.75) is 45.1 Å². The van der Waals surface area contributed by atoms with Crippen molar-refractivity contribution >= 4 is 13.7 Å². The van der Waals surface area contributed by atoms with Crippen LogP contribution in [0.5, 0.6) is 0 Å². The summed E-state index contributed by atoms with van der Waals surface area (Å²) in [5.41, 5.74) is 0.692. The zero-order valence-electron chi connectivity index (χ0n) is 14.7. The number of carbonyl (C=O) groups is 1. The summed E-state index contributed by atoms with van der Waals surface area (Å²) in [5, 5.41) is 2.72. The summed E-state index contributed by atoms with van der Waals surface area (Å²) in [6.07, 6.45) is 4.30. The third kappa shape index (κ3) is 13.1. The average molecular weight is 373 g/mol. The van der Waals surface area contributed by atoms with Crippen molar-refractivity contribution in [3.05, 3.63) is 35.9 Å². The van der Waals surface area contributed by atoms with Gasteiger partial charge in [-0.3, -0.25) is 4.79 Å². The van der Waals surface area contributed by atoms with E-state index in [-0.39, 0.29) is 65.0 Å². The number of phosphoric acid groups is 1. The molecule has 1 N–H and O–H groups in total. The third-order valence-electron chi connectivity index (χ3n) is 3.19. The molecule has 0 radical (unpaired) electrons. The standard InChI is InChI=1S/C15H24NO5P.2Na/c1-2-3-4-8-11-15(17)16-14(12-21-22(18,19)20)13-9-6-5-7-10-13;;/h5-7,9-10,14H,2-4,8,11-12H2,1H3,(H,16,17)(H2,18,19,20);;/q;2*+1/p-2/t14-;;/m0../s1. The summed E-state index contributed by atoms with van der Waals surface area (Å²) in [6, 6.07) is 8.17. The van der Waals surface area contributed by atoms with E-state index in [1.165, 1.54) is 0 Å². The number of benzene rings is 1. The minimum Gasteiger partial charge on any atom is -0.790 e. The smallest absolute Gasteiger partial charge is 0.790 e. The molecule has 1 aromatic carbocycles. The minimum absolute atomic E-state index is 0. The van der Waals surface area contributed by atoms with Crippen LogP contribution in [0.15, 0.2) is 30.3 Å². The molecular weight excluding hydrogens is 351 g/mol. The maximum atomic E-state index is 11.9. The largest absolute Gasteiger partial charge is 1.00 e. The van der Waals surface area contributed by atoms with E-state index in [2.05, 4.69) is 16.8 Å². The Hall–Kier alpha value is 0.800. The Morgan fingerprint density at radius 1 is 1.17 bits per heavy atom. The summed E-state index contributed by atoms with van der Waals surface area (Å²) >= 11 is 0. The van der Waals surface area contributed by atoms with E-state index in [4.69, 9.17) is 0 Å². The van der Waals surface area contributed by atoms with Crippen LogP contribution in [0.3, 0.4) is 0 Å². The van der Waals surface area contributed by atoms with Crippen LogP contribution in [0.1, 0.15) is 50.6 Å². The Bertz CT molecular complexity index is 498. The first-order chi connectivity index (χ1) is 10.4. The second-order valence-electron chi connectivity index (χ2n) is 5.08. The molecular formula is C15H22NNa2O5P. The van der Waals surface area contributed by atoms with Gasteiger partial charge in [-0.25, -0.2) is 0 Å². The Balaban J connectivity index is 0. The van der Waals surface area contributed by atoms with Gasteiger partial charge in [-0.1, -0.05) is 56.5 Å². The molecule has 124 valence electrons. The van der Waals surface area contributed by atoms with Crippen LogP contribution in [-0.2, 0) is 13.9 Å². The number of phosphoric ester groups is 1. The van der Waals surface area contributed by atoms with E-state index in [0.29, 0.717) is 12.0 Å². The van der Waals surface area contributed by atoms with Gasteiger partial charge in [0, 0.05) is 6.42 Å². The normalized spacial score (nSPS) is 11.8. The predicted octanol–water partition coefficient (Wildman–Crippen LogP) is -4.33. The molecule has 0 aliphatic heterocycles. The molecule has 0 fully saturated rings. The Morgan fingerprint density at radius 2 is 1.79 bits per heavy atom. The van der Waals surface area contributed by atoms with Crippen molar-refractivity contribution < 1.29 is 82.8 Å². The topological polar surface area (TPSA) is 102 Å². The van der Waals surface area contributed by atoms with Crippen molar-refractivity contribution in [2.75, 3.05) is 6.61 Å². The van der Waals surface area contributed by atoms with Gasteiger partial charge >= 0.3 is 59.1 Å².